The van der Waals surface area contributed by atoms with E-state index in [0.29, 0.717) is 11.1 Å². The number of nitro benzene ring substituents is 1. The van der Waals surface area contributed by atoms with Crippen LogP contribution in [0.2, 0.25) is 0 Å². The molecule has 2 atom stereocenters. The zero-order valence-electron chi connectivity index (χ0n) is 15.4. The highest BCUT2D eigenvalue weighted by Gasteiger charge is 2.25. The molecule has 0 aromatic heterocycles. The number of benzene rings is 3. The van der Waals surface area contributed by atoms with Crippen LogP contribution in [-0.4, -0.2) is 18.4 Å². The van der Waals surface area contributed by atoms with E-state index in [0.717, 1.165) is 12.1 Å². The maximum atomic E-state index is 12.9. The van der Waals surface area contributed by atoms with Crippen LogP contribution >= 0.6 is 0 Å². The fourth-order valence-corrected chi connectivity index (χ4v) is 4.21. The Labute approximate surface area is 168 Å². The van der Waals surface area contributed by atoms with Gasteiger partial charge in [0.05, 0.1) is 15.9 Å². The summed E-state index contributed by atoms with van der Waals surface area (Å²) < 4.78 is 28.3. The minimum absolute atomic E-state index is 0.0850. The summed E-state index contributed by atoms with van der Waals surface area (Å²) >= 11 is 0. The molecule has 0 aliphatic rings. The van der Waals surface area contributed by atoms with Gasteiger partial charge in [0.15, 0.2) is 0 Å². The molecule has 0 saturated carbocycles. The highest BCUT2D eigenvalue weighted by Crippen LogP contribution is 2.28. The molecule has 0 amide bonds. The number of aliphatic hydroxyl groups is 1. The van der Waals surface area contributed by atoms with Gasteiger partial charge in [-0.25, -0.2) is 13.1 Å². The fourth-order valence-electron chi connectivity index (χ4n) is 2.97. The molecule has 0 bridgehead atoms. The van der Waals surface area contributed by atoms with Gasteiger partial charge >= 0.3 is 0 Å². The molecule has 0 saturated heterocycles. The lowest BCUT2D eigenvalue weighted by Crippen LogP contribution is -2.30. The number of hydrogen-bond donors (Lipinski definition) is 2. The van der Waals surface area contributed by atoms with Crippen molar-refractivity contribution in [2.24, 2.45) is 0 Å². The van der Waals surface area contributed by atoms with Crippen LogP contribution in [-0.2, 0) is 10.0 Å². The Morgan fingerprint density at radius 3 is 1.90 bits per heavy atom. The molecule has 0 fully saturated rings. The lowest BCUT2D eigenvalue weighted by molar-refractivity contribution is -0.384. The second-order valence-corrected chi connectivity index (χ2v) is 8.21. The molecule has 7 nitrogen and oxygen atoms in total. The predicted molar refractivity (Wildman–Crippen MR) is 109 cm³/mol. The van der Waals surface area contributed by atoms with Crippen molar-refractivity contribution in [3.8, 4) is 0 Å². The van der Waals surface area contributed by atoms with Gasteiger partial charge in [0, 0.05) is 18.2 Å². The number of sulfonamides is 1. The van der Waals surface area contributed by atoms with Gasteiger partial charge < -0.3 is 5.11 Å². The van der Waals surface area contributed by atoms with Crippen molar-refractivity contribution >= 4 is 15.7 Å². The normalized spacial score (nSPS) is 13.6. The minimum atomic E-state index is -3.96. The molecule has 8 heteroatoms. The third-order valence-electron chi connectivity index (χ3n) is 4.50. The summed E-state index contributed by atoms with van der Waals surface area (Å²) in [5.41, 5.74) is 1.19. The van der Waals surface area contributed by atoms with E-state index in [1.807, 2.05) is 12.1 Å². The molecule has 3 aromatic carbocycles. The van der Waals surface area contributed by atoms with Gasteiger partial charge in [-0.3, -0.25) is 10.1 Å². The zero-order valence-corrected chi connectivity index (χ0v) is 16.2. The van der Waals surface area contributed by atoms with Gasteiger partial charge in [-0.1, -0.05) is 60.7 Å². The molecule has 0 heterocycles. The average molecular weight is 412 g/mol. The summed E-state index contributed by atoms with van der Waals surface area (Å²) in [7, 11) is -3.96. The van der Waals surface area contributed by atoms with Crippen molar-refractivity contribution in [2.75, 3.05) is 0 Å². The van der Waals surface area contributed by atoms with E-state index >= 15 is 0 Å². The molecule has 150 valence electrons. The van der Waals surface area contributed by atoms with Crippen LogP contribution in [0.4, 0.5) is 5.69 Å². The van der Waals surface area contributed by atoms with Gasteiger partial charge in [-0.05, 0) is 29.7 Å². The van der Waals surface area contributed by atoms with Crippen molar-refractivity contribution in [1.29, 1.82) is 0 Å². The Morgan fingerprint density at radius 1 is 0.862 bits per heavy atom. The molecule has 29 heavy (non-hydrogen) atoms. The van der Waals surface area contributed by atoms with Crippen LogP contribution in [0, 0.1) is 10.1 Å². The Bertz CT molecular complexity index is 1060. The number of nitro groups is 1. The summed E-state index contributed by atoms with van der Waals surface area (Å²) in [5, 5.41) is 21.4. The average Bonchev–Trinajstić information content (AvgIpc) is 2.74. The largest absolute Gasteiger partial charge is 0.388 e. The van der Waals surface area contributed by atoms with E-state index in [4.69, 9.17) is 0 Å². The monoisotopic (exact) mass is 412 g/mol. The summed E-state index contributed by atoms with van der Waals surface area (Å²) in [6, 6.07) is 21.9. The van der Waals surface area contributed by atoms with Crippen molar-refractivity contribution in [2.45, 2.75) is 23.5 Å². The summed E-state index contributed by atoms with van der Waals surface area (Å²) in [4.78, 5) is 10.1. The second kappa shape index (κ2) is 8.95. The minimum Gasteiger partial charge on any atom is -0.388 e. The number of aliphatic hydroxyl groups excluding tert-OH is 1. The molecular weight excluding hydrogens is 392 g/mol. The van der Waals surface area contributed by atoms with Crippen LogP contribution in [0.25, 0.3) is 0 Å². The van der Waals surface area contributed by atoms with Crippen LogP contribution in [0.1, 0.15) is 29.7 Å². The Morgan fingerprint density at radius 2 is 1.38 bits per heavy atom. The first-order chi connectivity index (χ1) is 13.9. The number of hydrogen-bond acceptors (Lipinski definition) is 5. The van der Waals surface area contributed by atoms with E-state index in [2.05, 4.69) is 4.72 Å². The SMILES string of the molecule is O=[N+]([O-])c1ccc(S(=O)(=O)N[C@H](C[C@H](O)c2ccccc2)c2ccccc2)cc1. The first kappa shape index (κ1) is 20.7. The first-order valence-corrected chi connectivity index (χ1v) is 10.4. The molecule has 2 N–H and O–H groups in total. The third-order valence-corrected chi connectivity index (χ3v) is 5.99. The predicted octanol–water partition coefficient (Wildman–Crippen LogP) is 3.74. The lowest BCUT2D eigenvalue weighted by Gasteiger charge is -2.22. The number of nitrogens with zero attached hydrogens (tertiary/aromatic N) is 1. The fraction of sp³-hybridized carbons (Fsp3) is 0.143. The third kappa shape index (κ3) is 5.26. The second-order valence-electron chi connectivity index (χ2n) is 6.50. The summed E-state index contributed by atoms with van der Waals surface area (Å²) in [5.74, 6) is 0. The van der Waals surface area contributed by atoms with E-state index < -0.39 is 27.1 Å². The van der Waals surface area contributed by atoms with Crippen LogP contribution in [0.3, 0.4) is 0 Å². The Kier molecular flexibility index (Phi) is 6.38. The summed E-state index contributed by atoms with van der Waals surface area (Å²) in [6.07, 6.45) is -0.749. The van der Waals surface area contributed by atoms with Crippen LogP contribution in [0.5, 0.6) is 0 Å². The molecule has 3 aromatic rings. The molecule has 0 aliphatic heterocycles. The molecule has 0 aliphatic carbocycles. The van der Waals surface area contributed by atoms with E-state index in [1.54, 1.807) is 48.5 Å². The summed E-state index contributed by atoms with van der Waals surface area (Å²) in [6.45, 7) is 0. The van der Waals surface area contributed by atoms with E-state index in [-0.39, 0.29) is 17.0 Å². The van der Waals surface area contributed by atoms with Gasteiger partial charge in [-0.2, -0.15) is 0 Å². The van der Waals surface area contributed by atoms with Gasteiger partial charge in [0.1, 0.15) is 0 Å². The lowest BCUT2D eigenvalue weighted by atomic mass is 9.97. The van der Waals surface area contributed by atoms with Crippen molar-refractivity contribution in [3.63, 3.8) is 0 Å². The smallest absolute Gasteiger partial charge is 0.269 e. The van der Waals surface area contributed by atoms with Gasteiger partial charge in [0.25, 0.3) is 5.69 Å². The quantitative estimate of drug-likeness (QED) is 0.433. The van der Waals surface area contributed by atoms with Crippen molar-refractivity contribution in [3.05, 3.63) is 106 Å². The maximum Gasteiger partial charge on any atom is 0.269 e. The standard InChI is InChI=1S/C21H20N2O5S/c24-21(17-9-5-2-6-10-17)15-20(16-7-3-1-4-8-16)22-29(27,28)19-13-11-18(12-14-19)23(25)26/h1-14,20-22,24H,15H2/t20-,21+/m1/s1. The number of non-ortho nitro benzene ring substituents is 1. The Balaban J connectivity index is 1.87. The molecular formula is C21H20N2O5S. The maximum absolute atomic E-state index is 12.9. The van der Waals surface area contributed by atoms with E-state index in [1.165, 1.54) is 12.1 Å². The molecule has 0 unspecified atom stereocenters. The van der Waals surface area contributed by atoms with Crippen molar-refractivity contribution < 1.29 is 18.4 Å². The topological polar surface area (TPSA) is 110 Å². The molecule has 3 rings (SSSR count). The van der Waals surface area contributed by atoms with Crippen LogP contribution < -0.4 is 4.72 Å². The first-order valence-electron chi connectivity index (χ1n) is 8.91. The molecule has 0 radical (unpaired) electrons. The Hall–Kier alpha value is -3.07. The number of nitrogens with one attached hydrogen (secondary N) is 1. The van der Waals surface area contributed by atoms with Crippen molar-refractivity contribution in [1.82, 2.24) is 4.72 Å². The van der Waals surface area contributed by atoms with Gasteiger partial charge in [0.2, 0.25) is 10.0 Å². The highest BCUT2D eigenvalue weighted by molar-refractivity contribution is 7.89. The highest BCUT2D eigenvalue weighted by atomic mass is 32.2. The molecule has 0 spiro atoms. The number of rotatable bonds is 8. The van der Waals surface area contributed by atoms with Gasteiger partial charge in [-0.15, -0.1) is 0 Å². The zero-order chi connectivity index (χ0) is 20.9. The van der Waals surface area contributed by atoms with Crippen LogP contribution in [0.15, 0.2) is 89.8 Å². The van der Waals surface area contributed by atoms with E-state index in [9.17, 15) is 23.6 Å².